The van der Waals surface area contributed by atoms with Gasteiger partial charge in [0.15, 0.2) is 0 Å². The Kier molecular flexibility index (Phi) is 3.02. The summed E-state index contributed by atoms with van der Waals surface area (Å²) in [7, 11) is 0. The van der Waals surface area contributed by atoms with Crippen LogP contribution in [0.1, 0.15) is 18.7 Å². The normalized spacial score (nSPS) is 11.4. The molecule has 1 amide bonds. The predicted molar refractivity (Wildman–Crippen MR) is 52.6 cm³/mol. The van der Waals surface area contributed by atoms with E-state index in [-0.39, 0.29) is 5.91 Å². The quantitative estimate of drug-likeness (QED) is 0.433. The third-order valence-corrected chi connectivity index (χ3v) is 2.52. The maximum Gasteiger partial charge on any atom is 0.221 e. The second-order valence-electron chi connectivity index (χ2n) is 2.53. The zero-order valence-electron chi connectivity index (χ0n) is 7.37. The second-order valence-corrected chi connectivity index (χ2v) is 3.61. The molecule has 0 aromatic carbocycles. The largest absolute Gasteiger partial charge is 0.411 e. The average molecular weight is 198 g/mol. The minimum Gasteiger partial charge on any atom is -0.411 e. The number of nitrogens with zero attached hydrogens (tertiary/aromatic N) is 1. The van der Waals surface area contributed by atoms with Gasteiger partial charge in [0.1, 0.15) is 0 Å². The highest BCUT2D eigenvalue weighted by molar-refractivity contribution is 7.18. The first-order valence-electron chi connectivity index (χ1n) is 3.70. The van der Waals surface area contributed by atoms with Crippen molar-refractivity contribution in [2.45, 2.75) is 13.8 Å². The average Bonchev–Trinajstić information content (AvgIpc) is 2.50. The number of amides is 1. The Morgan fingerprint density at radius 3 is 2.77 bits per heavy atom. The standard InChI is InChI=1S/C8H10N2O2S/c1-5(10-12)7-3-4-8(13-7)9-6(2)11/h3-4,12H,1-2H3,(H,9,11)/b10-5+. The Labute approximate surface area is 79.9 Å². The summed E-state index contributed by atoms with van der Waals surface area (Å²) in [5, 5.41) is 15.0. The van der Waals surface area contributed by atoms with E-state index in [1.54, 1.807) is 19.1 Å². The van der Waals surface area contributed by atoms with Gasteiger partial charge in [0.2, 0.25) is 5.91 Å². The summed E-state index contributed by atoms with van der Waals surface area (Å²) in [5.41, 5.74) is 0.543. The molecule has 2 N–H and O–H groups in total. The highest BCUT2D eigenvalue weighted by atomic mass is 32.1. The molecule has 0 unspecified atom stereocenters. The van der Waals surface area contributed by atoms with Gasteiger partial charge in [0.05, 0.1) is 15.6 Å². The number of anilines is 1. The molecular formula is C8H10N2O2S. The molecule has 1 heterocycles. The van der Waals surface area contributed by atoms with E-state index in [1.165, 1.54) is 18.3 Å². The molecule has 0 aliphatic carbocycles. The second kappa shape index (κ2) is 4.04. The van der Waals surface area contributed by atoms with Gasteiger partial charge in [0, 0.05) is 6.92 Å². The van der Waals surface area contributed by atoms with Gasteiger partial charge in [-0.2, -0.15) is 0 Å². The number of carbonyl (C=O) groups is 1. The van der Waals surface area contributed by atoms with Crippen LogP contribution in [0.25, 0.3) is 0 Å². The lowest BCUT2D eigenvalue weighted by molar-refractivity contribution is -0.114. The van der Waals surface area contributed by atoms with Crippen LogP contribution < -0.4 is 5.32 Å². The van der Waals surface area contributed by atoms with Crippen LogP contribution in [-0.2, 0) is 4.79 Å². The molecule has 1 aromatic rings. The molecule has 0 saturated carbocycles. The maximum absolute atomic E-state index is 10.7. The topological polar surface area (TPSA) is 61.7 Å². The van der Waals surface area contributed by atoms with Crippen LogP contribution in [-0.4, -0.2) is 16.8 Å². The minimum absolute atomic E-state index is 0.105. The van der Waals surface area contributed by atoms with Gasteiger partial charge in [0.25, 0.3) is 0 Å². The number of hydrogen-bond acceptors (Lipinski definition) is 4. The summed E-state index contributed by atoms with van der Waals surface area (Å²) in [6, 6.07) is 3.57. The van der Waals surface area contributed by atoms with Gasteiger partial charge >= 0.3 is 0 Å². The lowest BCUT2D eigenvalue weighted by Gasteiger charge is -1.94. The van der Waals surface area contributed by atoms with Gasteiger partial charge < -0.3 is 10.5 Å². The molecule has 5 heteroatoms. The summed E-state index contributed by atoms with van der Waals surface area (Å²) >= 11 is 1.37. The first kappa shape index (κ1) is 9.73. The van der Waals surface area contributed by atoms with Gasteiger partial charge in [-0.3, -0.25) is 4.79 Å². The van der Waals surface area contributed by atoms with Crippen LogP contribution in [0.15, 0.2) is 17.3 Å². The molecule has 1 aromatic heterocycles. The number of oxime groups is 1. The minimum atomic E-state index is -0.105. The van der Waals surface area contributed by atoms with E-state index in [9.17, 15) is 4.79 Å². The van der Waals surface area contributed by atoms with Crippen molar-refractivity contribution in [3.05, 3.63) is 17.0 Å². The first-order valence-corrected chi connectivity index (χ1v) is 4.51. The van der Waals surface area contributed by atoms with Crippen molar-refractivity contribution in [1.29, 1.82) is 0 Å². The van der Waals surface area contributed by atoms with Crippen molar-refractivity contribution >= 4 is 28.0 Å². The van der Waals surface area contributed by atoms with Crippen molar-refractivity contribution in [3.63, 3.8) is 0 Å². The molecule has 4 nitrogen and oxygen atoms in total. The summed E-state index contributed by atoms with van der Waals surface area (Å²) in [5.74, 6) is -0.105. The smallest absolute Gasteiger partial charge is 0.221 e. The number of rotatable bonds is 2. The van der Waals surface area contributed by atoms with Crippen LogP contribution >= 0.6 is 11.3 Å². The van der Waals surface area contributed by atoms with Crippen LogP contribution in [0, 0.1) is 0 Å². The zero-order valence-corrected chi connectivity index (χ0v) is 8.18. The van der Waals surface area contributed by atoms with Gasteiger partial charge in [-0.1, -0.05) is 5.16 Å². The van der Waals surface area contributed by atoms with Crippen LogP contribution in [0.2, 0.25) is 0 Å². The molecule has 0 atom stereocenters. The SMILES string of the molecule is CC(=O)Nc1ccc(/C(C)=N/O)s1. The fraction of sp³-hybridized carbons (Fsp3) is 0.250. The van der Waals surface area contributed by atoms with E-state index in [1.807, 2.05) is 0 Å². The highest BCUT2D eigenvalue weighted by Crippen LogP contribution is 2.22. The van der Waals surface area contributed by atoms with Crippen molar-refractivity contribution in [1.82, 2.24) is 0 Å². The highest BCUT2D eigenvalue weighted by Gasteiger charge is 2.03. The fourth-order valence-corrected chi connectivity index (χ4v) is 1.71. The van der Waals surface area contributed by atoms with Crippen molar-refractivity contribution in [2.24, 2.45) is 5.16 Å². The molecule has 0 fully saturated rings. The molecule has 1 rings (SSSR count). The summed E-state index contributed by atoms with van der Waals surface area (Å²) in [4.78, 5) is 11.5. The van der Waals surface area contributed by atoms with E-state index in [2.05, 4.69) is 10.5 Å². The lowest BCUT2D eigenvalue weighted by atomic mass is 10.3. The van der Waals surface area contributed by atoms with Gasteiger partial charge in [-0.15, -0.1) is 11.3 Å². The Hall–Kier alpha value is -1.36. The molecule has 0 spiro atoms. The van der Waals surface area contributed by atoms with Crippen molar-refractivity contribution in [2.75, 3.05) is 5.32 Å². The molecule has 0 aliphatic rings. The number of carbonyl (C=O) groups excluding carboxylic acids is 1. The Bertz CT molecular complexity index is 344. The third-order valence-electron chi connectivity index (χ3n) is 1.41. The predicted octanol–water partition coefficient (Wildman–Crippen LogP) is 1.90. The molecule has 70 valence electrons. The van der Waals surface area contributed by atoms with Crippen molar-refractivity contribution < 1.29 is 10.0 Å². The summed E-state index contributed by atoms with van der Waals surface area (Å²) in [6.07, 6.45) is 0. The molecular weight excluding hydrogens is 188 g/mol. The van der Waals surface area contributed by atoms with Crippen LogP contribution in [0.5, 0.6) is 0 Å². The Balaban J connectivity index is 2.80. The first-order chi connectivity index (χ1) is 6.13. The van der Waals surface area contributed by atoms with Crippen LogP contribution in [0.3, 0.4) is 0 Å². The zero-order chi connectivity index (χ0) is 9.84. The number of nitrogens with one attached hydrogen (secondary N) is 1. The Morgan fingerprint density at radius 1 is 1.54 bits per heavy atom. The molecule has 0 bridgehead atoms. The lowest BCUT2D eigenvalue weighted by Crippen LogP contribution is -2.03. The van der Waals surface area contributed by atoms with Gasteiger partial charge in [-0.25, -0.2) is 0 Å². The van der Waals surface area contributed by atoms with E-state index in [4.69, 9.17) is 5.21 Å². The Morgan fingerprint density at radius 2 is 2.23 bits per heavy atom. The maximum atomic E-state index is 10.7. The molecule has 0 saturated heterocycles. The fourth-order valence-electron chi connectivity index (χ4n) is 0.822. The summed E-state index contributed by atoms with van der Waals surface area (Å²) in [6.45, 7) is 3.15. The van der Waals surface area contributed by atoms with E-state index in [0.717, 1.165) is 9.88 Å². The van der Waals surface area contributed by atoms with E-state index < -0.39 is 0 Å². The molecule has 13 heavy (non-hydrogen) atoms. The third kappa shape index (κ3) is 2.55. The monoisotopic (exact) mass is 198 g/mol. The number of hydrogen-bond donors (Lipinski definition) is 2. The molecule has 0 radical (unpaired) electrons. The molecule has 0 aliphatic heterocycles. The van der Waals surface area contributed by atoms with Gasteiger partial charge in [-0.05, 0) is 19.1 Å². The van der Waals surface area contributed by atoms with Crippen molar-refractivity contribution in [3.8, 4) is 0 Å². The van der Waals surface area contributed by atoms with E-state index >= 15 is 0 Å². The summed E-state index contributed by atoms with van der Waals surface area (Å²) < 4.78 is 0. The van der Waals surface area contributed by atoms with Crippen LogP contribution in [0.4, 0.5) is 5.00 Å². The van der Waals surface area contributed by atoms with E-state index in [0.29, 0.717) is 5.71 Å². The number of thiophene rings is 1.